The van der Waals surface area contributed by atoms with E-state index in [1.807, 2.05) is 18.2 Å². The van der Waals surface area contributed by atoms with Crippen LogP contribution < -0.4 is 4.90 Å². The highest BCUT2D eigenvalue weighted by atomic mass is 15.1. The van der Waals surface area contributed by atoms with Gasteiger partial charge in [0.2, 0.25) is 0 Å². The number of allylic oxidation sites excluding steroid dienone is 1. The Kier molecular flexibility index (Phi) is 5.35. The maximum Gasteiger partial charge on any atom is 0.0462 e. The van der Waals surface area contributed by atoms with Crippen LogP contribution in [0.5, 0.6) is 0 Å². The first kappa shape index (κ1) is 17.8. The zero-order valence-corrected chi connectivity index (χ0v) is 16.0. The zero-order valence-electron chi connectivity index (χ0n) is 16.0. The summed E-state index contributed by atoms with van der Waals surface area (Å²) in [5, 5.41) is 0. The van der Waals surface area contributed by atoms with E-state index in [0.29, 0.717) is 0 Å². The molecular formula is C27H23N. The minimum absolute atomic E-state index is 1.15. The molecule has 4 rings (SSSR count). The highest BCUT2D eigenvalue weighted by Gasteiger charge is 2.11. The number of benzene rings is 4. The van der Waals surface area contributed by atoms with Crippen LogP contribution >= 0.6 is 0 Å². The summed E-state index contributed by atoms with van der Waals surface area (Å²) >= 11 is 0. The molecule has 0 amide bonds. The van der Waals surface area contributed by atoms with Gasteiger partial charge < -0.3 is 4.90 Å². The van der Waals surface area contributed by atoms with Crippen LogP contribution in [-0.4, -0.2) is 0 Å². The van der Waals surface area contributed by atoms with Crippen LogP contribution in [0.3, 0.4) is 0 Å². The molecule has 0 N–H and O–H groups in total. The van der Waals surface area contributed by atoms with Gasteiger partial charge in [0.1, 0.15) is 0 Å². The fraction of sp³-hybridized carbons (Fsp3) is 0.0370. The number of rotatable bonds is 5. The Labute approximate surface area is 167 Å². The molecule has 0 saturated heterocycles. The summed E-state index contributed by atoms with van der Waals surface area (Å²) < 4.78 is 0. The van der Waals surface area contributed by atoms with E-state index in [1.165, 1.54) is 16.7 Å². The van der Waals surface area contributed by atoms with Crippen LogP contribution in [0.4, 0.5) is 17.1 Å². The molecule has 4 aromatic carbocycles. The summed E-state index contributed by atoms with van der Waals surface area (Å²) in [6, 6.07) is 40.2. The van der Waals surface area contributed by atoms with Crippen LogP contribution in [0.25, 0.3) is 11.6 Å². The van der Waals surface area contributed by atoms with Gasteiger partial charge in [-0.1, -0.05) is 84.9 Å². The molecule has 0 atom stereocenters. The van der Waals surface area contributed by atoms with Crippen LogP contribution in [0.2, 0.25) is 0 Å². The highest BCUT2D eigenvalue weighted by molar-refractivity contribution is 5.82. The van der Waals surface area contributed by atoms with E-state index in [9.17, 15) is 0 Å². The third-order valence-electron chi connectivity index (χ3n) is 4.79. The van der Waals surface area contributed by atoms with Crippen molar-refractivity contribution < 1.29 is 0 Å². The van der Waals surface area contributed by atoms with Gasteiger partial charge in [0.25, 0.3) is 0 Å². The molecule has 0 aliphatic carbocycles. The van der Waals surface area contributed by atoms with Gasteiger partial charge in [-0.05, 0) is 60.0 Å². The average molecular weight is 361 g/mol. The molecule has 136 valence electrons. The van der Waals surface area contributed by atoms with Gasteiger partial charge in [-0.3, -0.25) is 0 Å². The molecule has 28 heavy (non-hydrogen) atoms. The zero-order chi connectivity index (χ0) is 19.2. The highest BCUT2D eigenvalue weighted by Crippen LogP contribution is 2.34. The predicted molar refractivity (Wildman–Crippen MR) is 121 cm³/mol. The Morgan fingerprint density at radius 3 is 1.46 bits per heavy atom. The van der Waals surface area contributed by atoms with Gasteiger partial charge in [0.15, 0.2) is 0 Å². The van der Waals surface area contributed by atoms with Gasteiger partial charge in [-0.2, -0.15) is 0 Å². The third kappa shape index (κ3) is 4.05. The normalized spacial score (nSPS) is 11.2. The molecule has 0 fully saturated rings. The molecule has 0 heterocycles. The van der Waals surface area contributed by atoms with Gasteiger partial charge >= 0.3 is 0 Å². The molecule has 0 radical (unpaired) electrons. The Morgan fingerprint density at radius 1 is 0.536 bits per heavy atom. The van der Waals surface area contributed by atoms with E-state index in [-0.39, 0.29) is 0 Å². The standard InChI is InChI=1S/C27H23N/c1-22(21-23-11-5-2-6-12-23)24-17-19-27(20-18-24)28(25-13-7-3-8-14-25)26-15-9-4-10-16-26/h2-21H,1H3. The molecule has 1 heteroatoms. The van der Waals surface area contributed by atoms with Crippen molar-refractivity contribution in [3.05, 3.63) is 126 Å². The lowest BCUT2D eigenvalue weighted by Crippen LogP contribution is -2.09. The molecule has 0 unspecified atom stereocenters. The Morgan fingerprint density at radius 2 is 0.964 bits per heavy atom. The van der Waals surface area contributed by atoms with Crippen LogP contribution in [-0.2, 0) is 0 Å². The quantitative estimate of drug-likeness (QED) is 0.329. The predicted octanol–water partition coefficient (Wildman–Crippen LogP) is 7.72. The number of anilines is 3. The van der Waals surface area contributed by atoms with Crippen molar-refractivity contribution >= 4 is 28.7 Å². The monoisotopic (exact) mass is 361 g/mol. The Hall–Kier alpha value is -3.58. The van der Waals surface area contributed by atoms with Crippen molar-refractivity contribution in [2.24, 2.45) is 0 Å². The Bertz CT molecular complexity index is 994. The number of para-hydroxylation sites is 2. The van der Waals surface area contributed by atoms with Crippen LogP contribution in [0.15, 0.2) is 115 Å². The maximum atomic E-state index is 2.28. The number of hydrogen-bond acceptors (Lipinski definition) is 1. The fourth-order valence-corrected chi connectivity index (χ4v) is 3.36. The van der Waals surface area contributed by atoms with Gasteiger partial charge in [-0.25, -0.2) is 0 Å². The number of nitrogens with zero attached hydrogens (tertiary/aromatic N) is 1. The van der Waals surface area contributed by atoms with E-state index in [1.54, 1.807) is 0 Å². The smallest absolute Gasteiger partial charge is 0.0462 e. The molecule has 0 aromatic heterocycles. The van der Waals surface area contributed by atoms with Crippen molar-refractivity contribution in [3.8, 4) is 0 Å². The van der Waals surface area contributed by atoms with Crippen LogP contribution in [0, 0.1) is 0 Å². The molecule has 0 spiro atoms. The lowest BCUT2D eigenvalue weighted by molar-refractivity contribution is 1.28. The van der Waals surface area contributed by atoms with Crippen molar-refractivity contribution in [1.29, 1.82) is 0 Å². The van der Waals surface area contributed by atoms with Crippen molar-refractivity contribution in [2.75, 3.05) is 4.90 Å². The van der Waals surface area contributed by atoms with E-state index >= 15 is 0 Å². The molecule has 0 aliphatic rings. The second-order valence-corrected chi connectivity index (χ2v) is 6.79. The minimum Gasteiger partial charge on any atom is -0.311 e. The lowest BCUT2D eigenvalue weighted by atomic mass is 10.0. The van der Waals surface area contributed by atoms with Crippen molar-refractivity contribution in [2.45, 2.75) is 6.92 Å². The van der Waals surface area contributed by atoms with Gasteiger partial charge in [0, 0.05) is 17.1 Å². The number of hydrogen-bond donors (Lipinski definition) is 0. The molecule has 0 aliphatic heterocycles. The molecule has 0 saturated carbocycles. The maximum absolute atomic E-state index is 2.28. The van der Waals surface area contributed by atoms with Crippen LogP contribution in [0.1, 0.15) is 18.1 Å². The first-order valence-corrected chi connectivity index (χ1v) is 9.55. The first-order chi connectivity index (χ1) is 13.8. The summed E-state index contributed by atoms with van der Waals surface area (Å²) in [5.41, 5.74) is 7.15. The third-order valence-corrected chi connectivity index (χ3v) is 4.79. The van der Waals surface area contributed by atoms with E-state index < -0.39 is 0 Å². The summed E-state index contributed by atoms with van der Waals surface area (Å²) in [6.45, 7) is 2.16. The topological polar surface area (TPSA) is 3.24 Å². The van der Waals surface area contributed by atoms with E-state index in [2.05, 4.69) is 115 Å². The molecule has 0 bridgehead atoms. The lowest BCUT2D eigenvalue weighted by Gasteiger charge is -2.25. The van der Waals surface area contributed by atoms with Crippen molar-refractivity contribution in [1.82, 2.24) is 0 Å². The summed E-state index contributed by atoms with van der Waals surface area (Å²) in [4.78, 5) is 2.28. The van der Waals surface area contributed by atoms with E-state index in [0.717, 1.165) is 17.1 Å². The summed E-state index contributed by atoms with van der Waals surface area (Å²) in [7, 11) is 0. The average Bonchev–Trinajstić information content (AvgIpc) is 2.77. The molecular weight excluding hydrogens is 338 g/mol. The summed E-state index contributed by atoms with van der Waals surface area (Å²) in [5.74, 6) is 0. The van der Waals surface area contributed by atoms with Gasteiger partial charge in [0.05, 0.1) is 0 Å². The molecule has 1 nitrogen and oxygen atoms in total. The SMILES string of the molecule is CC(=Cc1ccccc1)c1ccc(N(c2ccccc2)c2ccccc2)cc1. The minimum atomic E-state index is 1.15. The second-order valence-electron chi connectivity index (χ2n) is 6.79. The second kappa shape index (κ2) is 8.41. The Balaban J connectivity index is 1.68. The summed E-state index contributed by atoms with van der Waals surface area (Å²) in [6.07, 6.45) is 2.22. The van der Waals surface area contributed by atoms with E-state index in [4.69, 9.17) is 0 Å². The van der Waals surface area contributed by atoms with Gasteiger partial charge in [-0.15, -0.1) is 0 Å². The van der Waals surface area contributed by atoms with Crippen molar-refractivity contribution in [3.63, 3.8) is 0 Å². The largest absolute Gasteiger partial charge is 0.311 e. The fourth-order valence-electron chi connectivity index (χ4n) is 3.36. The first-order valence-electron chi connectivity index (χ1n) is 9.55. The molecule has 4 aromatic rings.